The van der Waals surface area contributed by atoms with Gasteiger partial charge in [-0.3, -0.25) is 4.98 Å². The summed E-state index contributed by atoms with van der Waals surface area (Å²) in [6.45, 7) is 0.451. The normalized spacial score (nSPS) is 14.1. The molecule has 0 bridgehead atoms. The predicted octanol–water partition coefficient (Wildman–Crippen LogP) is 5.70. The number of para-hydroxylation sites is 2. The average molecular weight is 405 g/mol. The molecule has 3 rings (SSSR count). The fourth-order valence-electron chi connectivity index (χ4n) is 2.34. The van der Waals surface area contributed by atoms with Crippen molar-refractivity contribution in [3.63, 3.8) is 0 Å². The van der Waals surface area contributed by atoms with Crippen molar-refractivity contribution in [2.45, 2.75) is 6.36 Å². The van der Waals surface area contributed by atoms with E-state index in [0.717, 1.165) is 11.1 Å². The highest BCUT2D eigenvalue weighted by molar-refractivity contribution is 6.50. The van der Waals surface area contributed by atoms with Gasteiger partial charge in [0.05, 0.1) is 5.69 Å². The Kier molecular flexibility index (Phi) is 6.71. The molecule has 0 radical (unpaired) electrons. The number of halogens is 7. The lowest BCUT2D eigenvalue weighted by molar-refractivity contribution is -0.274. The highest BCUT2D eigenvalue weighted by Gasteiger charge is 2.32. The lowest BCUT2D eigenvalue weighted by Crippen LogP contribution is -2.22. The van der Waals surface area contributed by atoms with Crippen molar-refractivity contribution in [3.05, 3.63) is 72.7 Å². The smallest absolute Gasteiger partial charge is 0.418 e. The summed E-state index contributed by atoms with van der Waals surface area (Å²) in [5, 5.41) is 0. The monoisotopic (exact) mass is 405 g/mol. The zero-order valence-electron chi connectivity index (χ0n) is 14.1. The minimum atomic E-state index is -6.00. The number of hydrogen-bond acceptors (Lipinski definition) is 3. The molecule has 0 saturated heterocycles. The summed E-state index contributed by atoms with van der Waals surface area (Å²) in [5.74, 6) is -0.217. The molecule has 0 aliphatic carbocycles. The fourth-order valence-corrected chi connectivity index (χ4v) is 2.34. The summed E-state index contributed by atoms with van der Waals surface area (Å²) >= 11 is 0. The highest BCUT2D eigenvalue weighted by atomic mass is 19.5. The van der Waals surface area contributed by atoms with Crippen LogP contribution in [0.1, 0.15) is 5.56 Å². The largest absolute Gasteiger partial charge is 0.673 e. The molecule has 0 spiro atoms. The van der Waals surface area contributed by atoms with Crippen molar-refractivity contribution in [1.29, 1.82) is 0 Å². The van der Waals surface area contributed by atoms with Crippen LogP contribution in [0.3, 0.4) is 0 Å². The Morgan fingerprint density at radius 1 is 0.964 bits per heavy atom. The summed E-state index contributed by atoms with van der Waals surface area (Å²) in [7, 11) is -6.00. The third-order valence-corrected chi connectivity index (χ3v) is 3.36. The molecule has 0 atom stereocenters. The standard InChI is InChI=1S/C17H13F3N2O.BF4/c18-17(19,20)23-16-4-2-1-3-15(16)22-11-7-14(8-12-22)13-5-9-21-10-6-13;2-1(3,4)5/h1-11H,12H2;/q;-1. The lowest BCUT2D eigenvalue weighted by Gasteiger charge is -2.25. The molecular weight excluding hydrogens is 392 g/mol. The molecule has 2 aromatic rings. The molecule has 1 aliphatic heterocycles. The van der Waals surface area contributed by atoms with Crippen molar-refractivity contribution in [2.24, 2.45) is 0 Å². The molecule has 11 heteroatoms. The molecule has 0 fully saturated rings. The van der Waals surface area contributed by atoms with E-state index in [1.807, 2.05) is 24.3 Å². The van der Waals surface area contributed by atoms with Crippen LogP contribution in [0.2, 0.25) is 0 Å². The molecule has 3 nitrogen and oxygen atoms in total. The summed E-state index contributed by atoms with van der Waals surface area (Å²) in [6, 6.07) is 9.85. The van der Waals surface area contributed by atoms with Gasteiger partial charge in [-0.25, -0.2) is 0 Å². The van der Waals surface area contributed by atoms with Gasteiger partial charge in [-0.15, -0.1) is 13.2 Å². The Labute approximate surface area is 155 Å². The number of nitrogens with zero attached hydrogens (tertiary/aromatic N) is 2. The molecule has 0 amide bonds. The first-order valence-electron chi connectivity index (χ1n) is 7.80. The predicted molar refractivity (Wildman–Crippen MR) is 92.0 cm³/mol. The first-order chi connectivity index (χ1) is 13.0. The topological polar surface area (TPSA) is 25.4 Å². The first kappa shape index (κ1) is 21.3. The summed E-state index contributed by atoms with van der Waals surface area (Å²) < 4.78 is 80.6. The Morgan fingerprint density at radius 2 is 1.57 bits per heavy atom. The van der Waals surface area contributed by atoms with Gasteiger partial charge in [-0.05, 0) is 41.5 Å². The molecule has 1 aliphatic rings. The molecule has 150 valence electrons. The minimum absolute atomic E-state index is 0.217. The molecule has 1 aromatic heterocycles. The Balaban J connectivity index is 0.000000500. The van der Waals surface area contributed by atoms with Crippen LogP contribution in [0, 0.1) is 0 Å². The summed E-state index contributed by atoms with van der Waals surface area (Å²) in [5.41, 5.74) is 2.37. The third-order valence-electron chi connectivity index (χ3n) is 3.36. The quantitative estimate of drug-likeness (QED) is 0.484. The van der Waals surface area contributed by atoms with Crippen molar-refractivity contribution in [2.75, 3.05) is 11.4 Å². The third kappa shape index (κ3) is 7.33. The molecule has 0 saturated carbocycles. The maximum atomic E-state index is 12.5. The van der Waals surface area contributed by atoms with Crippen LogP contribution in [-0.4, -0.2) is 25.1 Å². The number of anilines is 1. The van der Waals surface area contributed by atoms with Gasteiger partial charge in [0.1, 0.15) is 0 Å². The second-order valence-electron chi connectivity index (χ2n) is 5.37. The van der Waals surface area contributed by atoms with Crippen LogP contribution < -0.4 is 9.64 Å². The number of pyridine rings is 1. The SMILES string of the molecule is FC(F)(F)Oc1ccccc1N1C=CC(c2ccncc2)=CC1.F[B-](F)(F)F. The maximum Gasteiger partial charge on any atom is 0.673 e. The minimum Gasteiger partial charge on any atom is -0.418 e. The molecule has 0 N–H and O–H groups in total. The number of hydrogen-bond donors (Lipinski definition) is 0. The van der Waals surface area contributed by atoms with Crippen LogP contribution >= 0.6 is 0 Å². The Hall–Kier alpha value is -2.98. The molecule has 0 unspecified atom stereocenters. The van der Waals surface area contributed by atoms with Gasteiger partial charge in [0.15, 0.2) is 5.75 Å². The Morgan fingerprint density at radius 3 is 2.11 bits per heavy atom. The van der Waals surface area contributed by atoms with Gasteiger partial charge in [-0.1, -0.05) is 18.2 Å². The van der Waals surface area contributed by atoms with Crippen LogP contribution in [-0.2, 0) is 0 Å². The molecule has 28 heavy (non-hydrogen) atoms. The number of aromatic nitrogens is 1. The van der Waals surface area contributed by atoms with E-state index < -0.39 is 13.6 Å². The van der Waals surface area contributed by atoms with Gasteiger partial charge < -0.3 is 26.9 Å². The van der Waals surface area contributed by atoms with Gasteiger partial charge in [0.25, 0.3) is 0 Å². The number of benzene rings is 1. The van der Waals surface area contributed by atoms with E-state index in [2.05, 4.69) is 9.72 Å². The lowest BCUT2D eigenvalue weighted by atomic mass is 10.0. The van der Waals surface area contributed by atoms with Gasteiger partial charge in [0, 0.05) is 25.1 Å². The van der Waals surface area contributed by atoms with E-state index in [-0.39, 0.29) is 5.75 Å². The first-order valence-corrected chi connectivity index (χ1v) is 7.80. The van der Waals surface area contributed by atoms with Crippen molar-refractivity contribution in [3.8, 4) is 5.75 Å². The zero-order chi connectivity index (χ0) is 20.8. The highest BCUT2D eigenvalue weighted by Crippen LogP contribution is 2.34. The molecule has 1 aromatic carbocycles. The number of alkyl halides is 3. The van der Waals surface area contributed by atoms with E-state index in [1.165, 1.54) is 12.1 Å². The molecular formula is C17H13BF7N2O-. The van der Waals surface area contributed by atoms with E-state index in [1.54, 1.807) is 35.6 Å². The van der Waals surface area contributed by atoms with Gasteiger partial charge in [-0.2, -0.15) is 0 Å². The van der Waals surface area contributed by atoms with E-state index in [9.17, 15) is 30.4 Å². The number of ether oxygens (including phenoxy) is 1. The second kappa shape index (κ2) is 8.81. The van der Waals surface area contributed by atoms with Crippen LogP contribution in [0.15, 0.2) is 67.1 Å². The van der Waals surface area contributed by atoms with Gasteiger partial charge >= 0.3 is 13.6 Å². The van der Waals surface area contributed by atoms with Crippen LogP contribution in [0.25, 0.3) is 5.57 Å². The van der Waals surface area contributed by atoms with Crippen LogP contribution in [0.5, 0.6) is 5.75 Å². The van der Waals surface area contributed by atoms with E-state index in [4.69, 9.17) is 0 Å². The summed E-state index contributed by atoms with van der Waals surface area (Å²) in [6.07, 6.45) is 4.22. The summed E-state index contributed by atoms with van der Waals surface area (Å²) in [4.78, 5) is 5.66. The number of allylic oxidation sites excluding steroid dienone is 2. The number of rotatable bonds is 3. The van der Waals surface area contributed by atoms with Crippen LogP contribution in [0.4, 0.5) is 36.1 Å². The van der Waals surface area contributed by atoms with E-state index >= 15 is 0 Å². The Bertz CT molecular complexity index is 829. The second-order valence-corrected chi connectivity index (χ2v) is 5.37. The molecule has 2 heterocycles. The average Bonchev–Trinajstić information content (AvgIpc) is 2.60. The van der Waals surface area contributed by atoms with Crippen molar-refractivity contribution < 1.29 is 35.2 Å². The fraction of sp³-hybridized carbons (Fsp3) is 0.118. The zero-order valence-corrected chi connectivity index (χ0v) is 14.1. The van der Waals surface area contributed by atoms with Crippen molar-refractivity contribution >= 4 is 18.5 Å². The van der Waals surface area contributed by atoms with E-state index in [0.29, 0.717) is 12.2 Å². The van der Waals surface area contributed by atoms with Gasteiger partial charge in [0.2, 0.25) is 0 Å². The maximum absolute atomic E-state index is 12.5. The van der Waals surface area contributed by atoms with Crippen molar-refractivity contribution in [1.82, 2.24) is 4.98 Å².